The summed E-state index contributed by atoms with van der Waals surface area (Å²) in [5.41, 5.74) is 8.30. The number of likely N-dealkylation sites (N-methyl/N-ethyl adjacent to an activating group) is 1. The molecule has 0 aliphatic heterocycles. The molecule has 4 nitrogen and oxygen atoms in total. The summed E-state index contributed by atoms with van der Waals surface area (Å²) in [7, 11) is 0. The monoisotopic (exact) mass is 275 g/mol. The van der Waals surface area contributed by atoms with Crippen LogP contribution in [0.4, 0.5) is 0 Å². The van der Waals surface area contributed by atoms with Crippen molar-refractivity contribution in [3.05, 3.63) is 47.2 Å². The van der Waals surface area contributed by atoms with Gasteiger partial charge in [0.2, 0.25) is 5.91 Å². The predicted octanol–water partition coefficient (Wildman–Crippen LogP) is 2.84. The molecule has 0 aromatic rings. The SMILES string of the molecule is CC/C=C/C(/C=C/C(=O)NCC)=C\C(C(C)=N)=C(/C)N. The van der Waals surface area contributed by atoms with Crippen LogP contribution < -0.4 is 11.1 Å². The molecule has 0 spiro atoms. The second-order valence-corrected chi connectivity index (χ2v) is 4.40. The summed E-state index contributed by atoms with van der Waals surface area (Å²) in [4.78, 5) is 11.4. The van der Waals surface area contributed by atoms with Crippen molar-refractivity contribution in [1.29, 1.82) is 5.41 Å². The molecule has 0 aromatic heterocycles. The van der Waals surface area contributed by atoms with Gasteiger partial charge in [-0.2, -0.15) is 0 Å². The highest BCUT2D eigenvalue weighted by molar-refractivity contribution is 5.99. The van der Waals surface area contributed by atoms with E-state index < -0.39 is 0 Å². The first-order valence-electron chi connectivity index (χ1n) is 6.78. The number of carbonyl (C=O) groups excluding carboxylic acids is 1. The Hall–Kier alpha value is -2.10. The summed E-state index contributed by atoms with van der Waals surface area (Å²) in [5.74, 6) is -0.134. The highest BCUT2D eigenvalue weighted by atomic mass is 16.1. The summed E-state index contributed by atoms with van der Waals surface area (Å²) in [6, 6.07) is 0. The molecule has 110 valence electrons. The van der Waals surface area contributed by atoms with Crippen LogP contribution in [0, 0.1) is 5.41 Å². The molecule has 4 heteroatoms. The van der Waals surface area contributed by atoms with Crippen LogP contribution in [0.2, 0.25) is 0 Å². The van der Waals surface area contributed by atoms with Gasteiger partial charge in [0.25, 0.3) is 0 Å². The molecule has 1 amide bonds. The maximum absolute atomic E-state index is 11.4. The number of carbonyl (C=O) groups is 1. The largest absolute Gasteiger partial charge is 0.402 e. The van der Waals surface area contributed by atoms with E-state index in [1.54, 1.807) is 19.9 Å². The van der Waals surface area contributed by atoms with Crippen LogP contribution in [0.25, 0.3) is 0 Å². The lowest BCUT2D eigenvalue weighted by Gasteiger charge is -2.04. The van der Waals surface area contributed by atoms with Gasteiger partial charge in [-0.05, 0) is 44.9 Å². The number of hydrogen-bond donors (Lipinski definition) is 3. The zero-order valence-electron chi connectivity index (χ0n) is 12.8. The molecule has 0 aliphatic carbocycles. The molecule has 0 aromatic carbocycles. The Morgan fingerprint density at radius 1 is 1.20 bits per heavy atom. The van der Waals surface area contributed by atoms with Crippen LogP contribution in [0.1, 0.15) is 34.1 Å². The van der Waals surface area contributed by atoms with Gasteiger partial charge >= 0.3 is 0 Å². The number of amides is 1. The zero-order chi connectivity index (χ0) is 15.5. The third-order valence-electron chi connectivity index (χ3n) is 2.46. The molecule has 0 heterocycles. The van der Waals surface area contributed by atoms with Crippen LogP contribution in [-0.2, 0) is 4.79 Å². The van der Waals surface area contributed by atoms with E-state index in [1.807, 2.05) is 32.1 Å². The van der Waals surface area contributed by atoms with Crippen molar-refractivity contribution in [2.75, 3.05) is 6.54 Å². The summed E-state index contributed by atoms with van der Waals surface area (Å²) in [6.07, 6.45) is 9.84. The van der Waals surface area contributed by atoms with Crippen molar-refractivity contribution >= 4 is 11.6 Å². The molecule has 0 rings (SSSR count). The van der Waals surface area contributed by atoms with Crippen LogP contribution >= 0.6 is 0 Å². The third kappa shape index (κ3) is 7.36. The molecule has 0 bridgehead atoms. The molecule has 0 unspecified atom stereocenters. The summed E-state index contributed by atoms with van der Waals surface area (Å²) in [6.45, 7) is 7.96. The van der Waals surface area contributed by atoms with Crippen molar-refractivity contribution in [2.45, 2.75) is 34.1 Å². The number of rotatable bonds is 7. The number of nitrogens with one attached hydrogen (secondary N) is 2. The lowest BCUT2D eigenvalue weighted by atomic mass is 10.0. The molecule has 0 aliphatic rings. The Kier molecular flexibility index (Phi) is 8.75. The quantitative estimate of drug-likeness (QED) is 0.379. The van der Waals surface area contributed by atoms with Gasteiger partial charge in [0.05, 0.1) is 0 Å². The second-order valence-electron chi connectivity index (χ2n) is 4.40. The van der Waals surface area contributed by atoms with Gasteiger partial charge in [-0.25, -0.2) is 0 Å². The van der Waals surface area contributed by atoms with E-state index in [0.717, 1.165) is 12.0 Å². The van der Waals surface area contributed by atoms with Gasteiger partial charge in [-0.3, -0.25) is 4.79 Å². The highest BCUT2D eigenvalue weighted by Gasteiger charge is 2.01. The van der Waals surface area contributed by atoms with E-state index in [2.05, 4.69) is 5.32 Å². The van der Waals surface area contributed by atoms with Gasteiger partial charge < -0.3 is 16.5 Å². The van der Waals surface area contributed by atoms with Crippen LogP contribution in [0.3, 0.4) is 0 Å². The number of nitrogens with two attached hydrogens (primary N) is 1. The average molecular weight is 275 g/mol. The minimum absolute atomic E-state index is 0.134. The van der Waals surface area contributed by atoms with Gasteiger partial charge in [0.1, 0.15) is 0 Å². The van der Waals surface area contributed by atoms with E-state index in [-0.39, 0.29) is 5.91 Å². The molecule has 4 N–H and O–H groups in total. The second kappa shape index (κ2) is 9.78. The fourth-order valence-corrected chi connectivity index (χ4v) is 1.50. The van der Waals surface area contributed by atoms with Crippen molar-refractivity contribution in [1.82, 2.24) is 5.32 Å². The van der Waals surface area contributed by atoms with Crippen molar-refractivity contribution in [3.63, 3.8) is 0 Å². The Labute approximate surface area is 121 Å². The third-order valence-corrected chi connectivity index (χ3v) is 2.46. The molecule has 0 atom stereocenters. The average Bonchev–Trinajstić information content (AvgIpc) is 2.37. The minimum Gasteiger partial charge on any atom is -0.402 e. The van der Waals surface area contributed by atoms with E-state index in [0.29, 0.717) is 23.5 Å². The minimum atomic E-state index is -0.134. The van der Waals surface area contributed by atoms with E-state index in [1.165, 1.54) is 6.08 Å². The van der Waals surface area contributed by atoms with Gasteiger partial charge in [0, 0.05) is 29.6 Å². The summed E-state index contributed by atoms with van der Waals surface area (Å²) < 4.78 is 0. The summed E-state index contributed by atoms with van der Waals surface area (Å²) >= 11 is 0. The molecule has 20 heavy (non-hydrogen) atoms. The van der Waals surface area contributed by atoms with E-state index in [4.69, 9.17) is 11.1 Å². The Morgan fingerprint density at radius 2 is 1.85 bits per heavy atom. The van der Waals surface area contributed by atoms with Crippen molar-refractivity contribution in [3.8, 4) is 0 Å². The molecular weight excluding hydrogens is 250 g/mol. The molecule has 0 radical (unpaired) electrons. The first-order valence-corrected chi connectivity index (χ1v) is 6.78. The smallest absolute Gasteiger partial charge is 0.243 e. The first-order chi connectivity index (χ1) is 9.42. The number of hydrogen-bond acceptors (Lipinski definition) is 3. The zero-order valence-corrected chi connectivity index (χ0v) is 12.8. The standard InChI is InChI=1S/C16H25N3O/c1-5-7-8-14(9-10-16(20)19-6-2)11-15(12(3)17)13(4)18/h7-11,17H,5-6,18H2,1-4H3,(H,19,20)/b8-7+,10-9+,14-11+,15-13-,17-12?. The van der Waals surface area contributed by atoms with Gasteiger partial charge in [0.15, 0.2) is 0 Å². The fourth-order valence-electron chi connectivity index (χ4n) is 1.50. The topological polar surface area (TPSA) is 79.0 Å². The lowest BCUT2D eigenvalue weighted by Crippen LogP contribution is -2.19. The Morgan fingerprint density at radius 3 is 2.30 bits per heavy atom. The maximum Gasteiger partial charge on any atom is 0.243 e. The number of allylic oxidation sites excluding steroid dienone is 7. The van der Waals surface area contributed by atoms with Crippen LogP contribution in [0.15, 0.2) is 47.2 Å². The van der Waals surface area contributed by atoms with E-state index in [9.17, 15) is 4.79 Å². The van der Waals surface area contributed by atoms with Gasteiger partial charge in [-0.15, -0.1) is 0 Å². The van der Waals surface area contributed by atoms with Gasteiger partial charge in [-0.1, -0.05) is 19.1 Å². The Balaban J connectivity index is 5.35. The molecule has 0 saturated carbocycles. The summed E-state index contributed by atoms with van der Waals surface area (Å²) in [5, 5.41) is 10.4. The maximum atomic E-state index is 11.4. The molecule has 0 fully saturated rings. The van der Waals surface area contributed by atoms with E-state index >= 15 is 0 Å². The predicted molar refractivity (Wildman–Crippen MR) is 85.6 cm³/mol. The lowest BCUT2D eigenvalue weighted by molar-refractivity contribution is -0.116. The molecular formula is C16H25N3O. The fraction of sp³-hybridized carbons (Fsp3) is 0.375. The van der Waals surface area contributed by atoms with Crippen molar-refractivity contribution in [2.24, 2.45) is 5.73 Å². The van der Waals surface area contributed by atoms with Crippen molar-refractivity contribution < 1.29 is 4.79 Å². The normalized spacial score (nSPS) is 13.7. The van der Waals surface area contributed by atoms with Crippen LogP contribution in [-0.4, -0.2) is 18.2 Å². The molecule has 0 saturated heterocycles. The Bertz CT molecular complexity index is 464. The highest BCUT2D eigenvalue weighted by Crippen LogP contribution is 2.10. The first kappa shape index (κ1) is 17.9. The van der Waals surface area contributed by atoms with Crippen LogP contribution in [0.5, 0.6) is 0 Å².